The molecule has 4 rings (SSSR count). The molecule has 4 aromatic rings. The molecule has 0 aliphatic carbocycles. The molecule has 29 heavy (non-hydrogen) atoms. The number of nitrogens with zero attached hydrogens (tertiary/aromatic N) is 5. The Kier molecular flexibility index (Phi) is 4.56. The van der Waals surface area contributed by atoms with Crippen LogP contribution in [0.15, 0.2) is 49.2 Å². The van der Waals surface area contributed by atoms with Crippen molar-refractivity contribution in [2.75, 3.05) is 11.1 Å². The number of nitriles is 1. The van der Waals surface area contributed by atoms with E-state index in [-0.39, 0.29) is 11.7 Å². The Balaban J connectivity index is 1.75. The summed E-state index contributed by atoms with van der Waals surface area (Å²) in [5.41, 5.74) is 8.80. The van der Waals surface area contributed by atoms with Crippen molar-refractivity contribution in [3.63, 3.8) is 0 Å². The monoisotopic (exact) mass is 387 g/mol. The Morgan fingerprint density at radius 3 is 2.83 bits per heavy atom. The highest BCUT2D eigenvalue weighted by atomic mass is 19.1. The molecule has 0 unspecified atom stereocenters. The summed E-state index contributed by atoms with van der Waals surface area (Å²) < 4.78 is 16.5. The first-order valence-corrected chi connectivity index (χ1v) is 8.97. The summed E-state index contributed by atoms with van der Waals surface area (Å²) in [6.45, 7) is 3.65. The Morgan fingerprint density at radius 1 is 1.24 bits per heavy atom. The molecule has 1 aromatic carbocycles. The van der Waals surface area contributed by atoms with Crippen LogP contribution in [0.1, 0.15) is 18.5 Å². The molecule has 0 aliphatic rings. The molecule has 3 N–H and O–H groups in total. The van der Waals surface area contributed by atoms with E-state index in [9.17, 15) is 4.39 Å². The van der Waals surface area contributed by atoms with E-state index in [0.717, 1.165) is 10.9 Å². The Morgan fingerprint density at radius 2 is 2.07 bits per heavy atom. The van der Waals surface area contributed by atoms with Gasteiger partial charge < -0.3 is 11.1 Å². The second kappa shape index (κ2) is 7.20. The Hall–Kier alpha value is -3.99. The summed E-state index contributed by atoms with van der Waals surface area (Å²) in [6.07, 6.45) is 8.18. The molecule has 0 saturated heterocycles. The lowest BCUT2D eigenvalue weighted by molar-refractivity contribution is 0.591. The van der Waals surface area contributed by atoms with Gasteiger partial charge in [-0.15, -0.1) is 0 Å². The number of nitrogen functional groups attached to an aromatic ring is 1. The zero-order chi connectivity index (χ0) is 20.5. The third-order valence-electron chi connectivity index (χ3n) is 4.79. The summed E-state index contributed by atoms with van der Waals surface area (Å²) in [5.74, 6) is 0.0735. The van der Waals surface area contributed by atoms with E-state index in [1.54, 1.807) is 48.5 Å². The van der Waals surface area contributed by atoms with Crippen LogP contribution in [0.5, 0.6) is 0 Å². The normalized spacial score (nSPS) is 11.9. The number of halogens is 1. The smallest absolute Gasteiger partial charge is 0.154 e. The maximum Gasteiger partial charge on any atom is 0.154 e. The SMILES string of the molecule is Cc1ccncc1-c1cc2cc(Nc3cnn([C@@H](C)C#N)c3)ncc2c(N)c1F. The number of pyridine rings is 2. The number of hydrogen-bond acceptors (Lipinski definition) is 6. The van der Waals surface area contributed by atoms with E-state index >= 15 is 0 Å². The maximum absolute atomic E-state index is 14.9. The van der Waals surface area contributed by atoms with Crippen LogP contribution in [0.4, 0.5) is 21.6 Å². The molecule has 1 atom stereocenters. The highest BCUT2D eigenvalue weighted by Crippen LogP contribution is 2.35. The fourth-order valence-corrected chi connectivity index (χ4v) is 3.13. The minimum Gasteiger partial charge on any atom is -0.396 e. The van der Waals surface area contributed by atoms with Crippen LogP contribution in [0.3, 0.4) is 0 Å². The molecule has 0 aliphatic heterocycles. The van der Waals surface area contributed by atoms with Gasteiger partial charge in [0.25, 0.3) is 0 Å². The van der Waals surface area contributed by atoms with E-state index in [1.807, 2.05) is 13.0 Å². The van der Waals surface area contributed by atoms with E-state index in [0.29, 0.717) is 28.0 Å². The quantitative estimate of drug-likeness (QED) is 0.504. The van der Waals surface area contributed by atoms with Crippen LogP contribution in [-0.4, -0.2) is 19.7 Å². The van der Waals surface area contributed by atoms with Crippen LogP contribution in [0.25, 0.3) is 21.9 Å². The third-order valence-corrected chi connectivity index (χ3v) is 4.79. The van der Waals surface area contributed by atoms with Crippen molar-refractivity contribution in [3.05, 3.63) is 60.6 Å². The molecule has 3 heterocycles. The molecule has 0 saturated carbocycles. The number of aryl methyl sites for hydroxylation is 1. The highest BCUT2D eigenvalue weighted by Gasteiger charge is 2.15. The number of nitrogens with two attached hydrogens (primary N) is 1. The third kappa shape index (κ3) is 3.34. The minimum atomic E-state index is -0.483. The van der Waals surface area contributed by atoms with Crippen molar-refractivity contribution in [1.82, 2.24) is 19.7 Å². The predicted octanol–water partition coefficient (Wildman–Crippen LogP) is 4.35. The summed E-state index contributed by atoms with van der Waals surface area (Å²) in [7, 11) is 0. The van der Waals surface area contributed by atoms with Crippen LogP contribution < -0.4 is 11.1 Å². The topological polar surface area (TPSA) is 105 Å². The number of benzene rings is 1. The second-order valence-corrected chi connectivity index (χ2v) is 6.77. The lowest BCUT2D eigenvalue weighted by atomic mass is 9.98. The fraction of sp³-hybridized carbons (Fsp3) is 0.143. The minimum absolute atomic E-state index is 0.0514. The zero-order valence-corrected chi connectivity index (χ0v) is 15.9. The van der Waals surface area contributed by atoms with Gasteiger partial charge in [0, 0.05) is 41.3 Å². The van der Waals surface area contributed by atoms with Crippen molar-refractivity contribution in [2.45, 2.75) is 19.9 Å². The van der Waals surface area contributed by atoms with Gasteiger partial charge in [-0.05, 0) is 43.0 Å². The molecule has 144 valence electrons. The Bertz CT molecular complexity index is 1260. The molecule has 0 spiro atoms. The van der Waals surface area contributed by atoms with E-state index in [4.69, 9.17) is 11.0 Å². The molecule has 3 aromatic heterocycles. The number of anilines is 3. The number of hydrogen-bond donors (Lipinski definition) is 2. The lowest BCUT2D eigenvalue weighted by Gasteiger charge is -2.12. The average Bonchev–Trinajstić information content (AvgIpc) is 3.19. The molecule has 8 heteroatoms. The molecular weight excluding hydrogens is 369 g/mol. The van der Waals surface area contributed by atoms with Gasteiger partial charge in [0.1, 0.15) is 11.9 Å². The van der Waals surface area contributed by atoms with E-state index in [2.05, 4.69) is 26.5 Å². The largest absolute Gasteiger partial charge is 0.396 e. The first-order valence-electron chi connectivity index (χ1n) is 8.97. The first kappa shape index (κ1) is 18.4. The van der Waals surface area contributed by atoms with Crippen molar-refractivity contribution in [3.8, 4) is 17.2 Å². The number of fused-ring (bicyclic) bond motifs is 1. The predicted molar refractivity (Wildman–Crippen MR) is 110 cm³/mol. The van der Waals surface area contributed by atoms with Crippen molar-refractivity contribution in [2.24, 2.45) is 0 Å². The molecule has 0 amide bonds. The van der Waals surface area contributed by atoms with Crippen LogP contribution in [0.2, 0.25) is 0 Å². The van der Waals surface area contributed by atoms with Gasteiger partial charge in [0.15, 0.2) is 5.82 Å². The van der Waals surface area contributed by atoms with Crippen molar-refractivity contribution in [1.29, 1.82) is 5.26 Å². The van der Waals surface area contributed by atoms with Gasteiger partial charge in [-0.1, -0.05) is 0 Å². The summed E-state index contributed by atoms with van der Waals surface area (Å²) in [6, 6.07) is 7.12. The van der Waals surface area contributed by atoms with Gasteiger partial charge in [0.2, 0.25) is 0 Å². The van der Waals surface area contributed by atoms with E-state index < -0.39 is 5.82 Å². The fourth-order valence-electron chi connectivity index (χ4n) is 3.13. The maximum atomic E-state index is 14.9. The summed E-state index contributed by atoms with van der Waals surface area (Å²) in [5, 5.41) is 17.6. The van der Waals surface area contributed by atoms with Crippen LogP contribution >= 0.6 is 0 Å². The van der Waals surface area contributed by atoms with Gasteiger partial charge >= 0.3 is 0 Å². The zero-order valence-electron chi connectivity index (χ0n) is 15.9. The first-order chi connectivity index (χ1) is 14.0. The summed E-state index contributed by atoms with van der Waals surface area (Å²) >= 11 is 0. The number of nitrogens with one attached hydrogen (secondary N) is 1. The molecule has 7 nitrogen and oxygen atoms in total. The average molecular weight is 387 g/mol. The van der Waals surface area contributed by atoms with Crippen LogP contribution in [0, 0.1) is 24.1 Å². The Labute approximate surface area is 166 Å². The molecule has 0 bridgehead atoms. The second-order valence-electron chi connectivity index (χ2n) is 6.77. The van der Waals surface area contributed by atoms with Crippen molar-refractivity contribution >= 4 is 28.0 Å². The van der Waals surface area contributed by atoms with E-state index in [1.165, 1.54) is 6.20 Å². The molecule has 0 radical (unpaired) electrons. The van der Waals surface area contributed by atoms with Crippen molar-refractivity contribution < 1.29 is 4.39 Å². The van der Waals surface area contributed by atoms with Gasteiger partial charge in [-0.3, -0.25) is 9.67 Å². The standard InChI is InChI=1S/C21H18FN7/c1-12-3-4-25-9-17(12)16-5-14-6-19(26-10-18(14)21(24)20(16)22)28-15-8-27-29(11-15)13(2)7-23/h3-6,8-11,13H,24H2,1-2H3,(H,26,28)/t13-/m0/s1. The number of aromatic nitrogens is 4. The number of rotatable bonds is 4. The lowest BCUT2D eigenvalue weighted by Crippen LogP contribution is -2.02. The molecular formula is C21H18FN7. The van der Waals surface area contributed by atoms with Gasteiger partial charge in [0.05, 0.1) is 23.6 Å². The van der Waals surface area contributed by atoms with Crippen LogP contribution in [-0.2, 0) is 0 Å². The van der Waals surface area contributed by atoms with Gasteiger partial charge in [-0.2, -0.15) is 10.4 Å². The summed E-state index contributed by atoms with van der Waals surface area (Å²) in [4.78, 5) is 8.43. The van der Waals surface area contributed by atoms with Gasteiger partial charge in [-0.25, -0.2) is 9.37 Å². The highest BCUT2D eigenvalue weighted by molar-refractivity contribution is 5.98. The molecule has 0 fully saturated rings.